The molecule has 9 nitrogen and oxygen atoms in total. The number of halogens is 2. The van der Waals surface area contributed by atoms with Crippen LogP contribution < -0.4 is 5.73 Å². The van der Waals surface area contributed by atoms with Crippen molar-refractivity contribution in [1.29, 1.82) is 0 Å². The first-order valence-electron chi connectivity index (χ1n) is 9.72. The van der Waals surface area contributed by atoms with E-state index in [0.29, 0.717) is 33.2 Å². The monoisotopic (exact) mass is 517 g/mol. The van der Waals surface area contributed by atoms with Gasteiger partial charge in [0.1, 0.15) is 41.2 Å². The number of rotatable bonds is 7. The fraction of sp³-hybridized carbons (Fsp3) is 0.421. The third kappa shape index (κ3) is 4.90. The number of thioether (sulfide) groups is 1. The van der Waals surface area contributed by atoms with E-state index in [1.54, 1.807) is 23.7 Å². The molecule has 3 heterocycles. The summed E-state index contributed by atoms with van der Waals surface area (Å²) in [5.41, 5.74) is 6.26. The summed E-state index contributed by atoms with van der Waals surface area (Å²) in [4.78, 5) is 5.03. The molecule has 172 valence electrons. The summed E-state index contributed by atoms with van der Waals surface area (Å²) in [6, 6.07) is 4.58. The van der Waals surface area contributed by atoms with Crippen LogP contribution in [-0.2, 0) is 9.47 Å². The number of nitrogens with zero attached hydrogens (tertiary/aromatic N) is 4. The predicted octanol–water partition coefficient (Wildman–Crippen LogP) is 3.11. The normalized spacial score (nSPS) is 25.8. The first-order chi connectivity index (χ1) is 15.4. The summed E-state index contributed by atoms with van der Waals surface area (Å²) in [7, 11) is 0. The van der Waals surface area contributed by atoms with Crippen molar-refractivity contribution in [1.82, 2.24) is 20.0 Å². The maximum absolute atomic E-state index is 11.0. The highest BCUT2D eigenvalue weighted by Crippen LogP contribution is 2.41. The van der Waals surface area contributed by atoms with Crippen LogP contribution in [0.4, 0.5) is 5.13 Å². The molecule has 32 heavy (non-hydrogen) atoms. The highest BCUT2D eigenvalue weighted by atomic mass is 35.5. The molecule has 2 aromatic heterocycles. The summed E-state index contributed by atoms with van der Waals surface area (Å²) in [6.07, 6.45) is -0.862. The van der Waals surface area contributed by atoms with Crippen molar-refractivity contribution in [3.05, 3.63) is 39.8 Å². The lowest BCUT2D eigenvalue weighted by atomic mass is 9.97. The fourth-order valence-electron chi connectivity index (χ4n) is 3.46. The second kappa shape index (κ2) is 10.2. The lowest BCUT2D eigenvalue weighted by Gasteiger charge is -2.43. The Labute approximate surface area is 202 Å². The number of anilines is 1. The Morgan fingerprint density at radius 3 is 2.78 bits per heavy atom. The molecule has 3 aromatic rings. The lowest BCUT2D eigenvalue weighted by molar-refractivity contribution is -0.191. The van der Waals surface area contributed by atoms with E-state index >= 15 is 0 Å². The van der Waals surface area contributed by atoms with Gasteiger partial charge < -0.3 is 25.4 Å². The van der Waals surface area contributed by atoms with Gasteiger partial charge in [-0.25, -0.2) is 9.67 Å². The van der Waals surface area contributed by atoms with Gasteiger partial charge >= 0.3 is 0 Å². The Bertz CT molecular complexity index is 1070. The molecule has 0 spiro atoms. The van der Waals surface area contributed by atoms with E-state index in [-0.39, 0.29) is 6.61 Å². The van der Waals surface area contributed by atoms with E-state index in [1.165, 1.54) is 27.8 Å². The molecule has 0 amide bonds. The van der Waals surface area contributed by atoms with Gasteiger partial charge in [0.2, 0.25) is 0 Å². The molecule has 1 fully saturated rings. The molecule has 1 saturated heterocycles. The van der Waals surface area contributed by atoms with Gasteiger partial charge in [0.05, 0.1) is 22.8 Å². The molecule has 1 aromatic carbocycles. The van der Waals surface area contributed by atoms with E-state index in [4.69, 9.17) is 38.4 Å². The quantitative estimate of drug-likeness (QED) is 0.432. The zero-order chi connectivity index (χ0) is 22.8. The highest BCUT2D eigenvalue weighted by molar-refractivity contribution is 7.99. The minimum absolute atomic E-state index is 0.376. The van der Waals surface area contributed by atoms with E-state index < -0.39 is 29.8 Å². The summed E-state index contributed by atoms with van der Waals surface area (Å²) >= 11 is 14.9. The molecule has 13 heteroatoms. The third-order valence-electron chi connectivity index (χ3n) is 4.93. The Kier molecular flexibility index (Phi) is 7.58. The molecule has 5 atom stereocenters. The Morgan fingerprint density at radius 1 is 1.31 bits per heavy atom. The second-order valence-electron chi connectivity index (χ2n) is 6.98. The fourth-order valence-corrected chi connectivity index (χ4v) is 5.55. The number of aliphatic hydroxyl groups excluding tert-OH is 2. The van der Waals surface area contributed by atoms with Gasteiger partial charge in [-0.3, -0.25) is 0 Å². The number of thiazole rings is 1. The van der Waals surface area contributed by atoms with Crippen LogP contribution in [0.15, 0.2) is 34.7 Å². The zero-order valence-corrected chi connectivity index (χ0v) is 20.0. The number of aromatic nitrogens is 4. The van der Waals surface area contributed by atoms with Crippen molar-refractivity contribution in [2.45, 2.75) is 41.6 Å². The van der Waals surface area contributed by atoms with Crippen LogP contribution in [0.3, 0.4) is 0 Å². The van der Waals surface area contributed by atoms with Crippen molar-refractivity contribution >= 4 is 51.4 Å². The smallest absolute Gasteiger partial charge is 0.180 e. The first-order valence-corrected chi connectivity index (χ1v) is 12.2. The molecule has 4 rings (SSSR count). The van der Waals surface area contributed by atoms with E-state index in [2.05, 4.69) is 15.3 Å². The zero-order valence-electron chi connectivity index (χ0n) is 16.8. The van der Waals surface area contributed by atoms with Crippen LogP contribution in [0.25, 0.3) is 11.4 Å². The predicted molar refractivity (Wildman–Crippen MR) is 124 cm³/mol. The number of nitrogens with two attached hydrogens (primary N) is 1. The number of benzene rings is 1. The van der Waals surface area contributed by atoms with Crippen LogP contribution in [0.1, 0.15) is 13.0 Å². The Hall–Kier alpha value is -1.44. The number of ether oxygens (including phenoxy) is 2. The minimum Gasteiger partial charge on any atom is -0.394 e. The average Bonchev–Trinajstić information content (AvgIpc) is 3.42. The van der Waals surface area contributed by atoms with Gasteiger partial charge in [0, 0.05) is 16.9 Å². The van der Waals surface area contributed by atoms with Crippen molar-refractivity contribution in [3.63, 3.8) is 0 Å². The lowest BCUT2D eigenvalue weighted by Crippen LogP contribution is -2.55. The minimum atomic E-state index is -1.09. The summed E-state index contributed by atoms with van der Waals surface area (Å²) < 4.78 is 13.5. The molecule has 1 aliphatic rings. The maximum atomic E-state index is 11.0. The summed E-state index contributed by atoms with van der Waals surface area (Å²) in [5.74, 6) is 0. The molecule has 1 aliphatic heterocycles. The van der Waals surface area contributed by atoms with Gasteiger partial charge in [0.15, 0.2) is 5.13 Å². The molecular formula is C19H21Cl2N5O4S2. The molecule has 4 N–H and O–H groups in total. The standard InChI is InChI=1S/C19H21Cl2N5O4S2/c1-2-29-17-15(26-6-12(24-25-26)13-8-31-19(22)23-13)16(28)14(7-27)30-18(17)32-9-3-4-10(20)11(21)5-9/h3-6,8,14-18,27-28H,2,7H2,1H3,(H2,22,23). The molecule has 0 bridgehead atoms. The van der Waals surface area contributed by atoms with Gasteiger partial charge in [0.25, 0.3) is 0 Å². The number of hydrogen-bond donors (Lipinski definition) is 3. The molecular weight excluding hydrogens is 497 g/mol. The van der Waals surface area contributed by atoms with Crippen molar-refractivity contribution in [2.75, 3.05) is 18.9 Å². The Balaban J connectivity index is 1.66. The van der Waals surface area contributed by atoms with E-state index in [1.807, 2.05) is 13.0 Å². The molecule has 5 unspecified atom stereocenters. The van der Waals surface area contributed by atoms with Crippen LogP contribution in [-0.4, -0.2) is 67.2 Å². The van der Waals surface area contributed by atoms with Gasteiger partial charge in [-0.05, 0) is 25.1 Å². The third-order valence-corrected chi connectivity index (χ3v) is 7.48. The average molecular weight is 518 g/mol. The second-order valence-corrected chi connectivity index (χ2v) is 9.85. The topological polar surface area (TPSA) is 129 Å². The van der Waals surface area contributed by atoms with E-state index in [0.717, 1.165) is 4.90 Å². The number of nitrogen functional groups attached to an aromatic ring is 1. The van der Waals surface area contributed by atoms with Crippen molar-refractivity contribution < 1.29 is 19.7 Å². The Morgan fingerprint density at radius 2 is 2.12 bits per heavy atom. The van der Waals surface area contributed by atoms with Gasteiger partial charge in [-0.2, -0.15) is 0 Å². The molecule has 0 saturated carbocycles. The van der Waals surface area contributed by atoms with Crippen LogP contribution in [0.5, 0.6) is 0 Å². The van der Waals surface area contributed by atoms with Crippen LogP contribution >= 0.6 is 46.3 Å². The van der Waals surface area contributed by atoms with Crippen LogP contribution in [0.2, 0.25) is 10.0 Å². The summed E-state index contributed by atoms with van der Waals surface area (Å²) in [5, 5.41) is 32.3. The van der Waals surface area contributed by atoms with Crippen molar-refractivity contribution in [2.24, 2.45) is 0 Å². The van der Waals surface area contributed by atoms with Gasteiger partial charge in [-0.1, -0.05) is 40.2 Å². The van der Waals surface area contributed by atoms with E-state index in [9.17, 15) is 10.2 Å². The number of aliphatic hydroxyl groups is 2. The largest absolute Gasteiger partial charge is 0.394 e. The van der Waals surface area contributed by atoms with Crippen molar-refractivity contribution in [3.8, 4) is 11.4 Å². The maximum Gasteiger partial charge on any atom is 0.180 e. The van der Waals surface area contributed by atoms with Crippen LogP contribution in [0, 0.1) is 0 Å². The highest BCUT2D eigenvalue weighted by Gasteiger charge is 2.47. The summed E-state index contributed by atoms with van der Waals surface area (Å²) in [6.45, 7) is 1.86. The number of hydrogen-bond acceptors (Lipinski definition) is 10. The molecule has 0 aliphatic carbocycles. The molecule has 0 radical (unpaired) electrons. The SMILES string of the molecule is CCOC1C(Sc2ccc(Cl)c(Cl)c2)OC(CO)C(O)C1n1cc(-c2csc(N)n2)nn1. The van der Waals surface area contributed by atoms with Gasteiger partial charge in [-0.15, -0.1) is 16.4 Å². The first kappa shape index (κ1) is 23.7.